The van der Waals surface area contributed by atoms with Gasteiger partial charge in [-0.15, -0.1) is 12.6 Å². The lowest BCUT2D eigenvalue weighted by Gasteiger charge is -2.38. The summed E-state index contributed by atoms with van der Waals surface area (Å²) in [5.41, 5.74) is 4.00. The summed E-state index contributed by atoms with van der Waals surface area (Å²) >= 11 is 4.52. The van der Waals surface area contributed by atoms with Crippen LogP contribution in [0.4, 0.5) is 5.69 Å². The standard InChI is InChI=1S/C19H17N3OS/c1-12-8-9-13(2)16(10-12)22-17(14-6-4-3-5-7-14)21-18(23)15(11-20)19(22)24/h3-10,17,24H,1-2H3,(H,21,23). The van der Waals surface area contributed by atoms with Crippen LogP contribution < -0.4 is 10.2 Å². The van der Waals surface area contributed by atoms with Crippen LogP contribution in [0.15, 0.2) is 59.1 Å². The zero-order valence-electron chi connectivity index (χ0n) is 13.4. The first-order valence-electron chi connectivity index (χ1n) is 7.58. The molecule has 24 heavy (non-hydrogen) atoms. The van der Waals surface area contributed by atoms with Crippen molar-refractivity contribution in [1.82, 2.24) is 5.32 Å². The lowest BCUT2D eigenvalue weighted by Crippen LogP contribution is -2.46. The number of anilines is 1. The van der Waals surface area contributed by atoms with Crippen molar-refractivity contribution in [2.24, 2.45) is 0 Å². The number of rotatable bonds is 2. The first kappa shape index (κ1) is 16.2. The lowest BCUT2D eigenvalue weighted by molar-refractivity contribution is -0.118. The number of hydrogen-bond acceptors (Lipinski definition) is 4. The Hall–Kier alpha value is -2.71. The molecule has 0 saturated carbocycles. The molecule has 0 bridgehead atoms. The SMILES string of the molecule is Cc1ccc(C)c(N2C(S)=C(C#N)C(=O)NC2c2ccccc2)c1. The minimum Gasteiger partial charge on any atom is -0.327 e. The maximum atomic E-state index is 12.3. The highest BCUT2D eigenvalue weighted by Gasteiger charge is 2.34. The van der Waals surface area contributed by atoms with Crippen molar-refractivity contribution in [2.45, 2.75) is 20.0 Å². The van der Waals surface area contributed by atoms with Crippen molar-refractivity contribution in [3.05, 3.63) is 75.8 Å². The normalized spacial score (nSPS) is 17.5. The van der Waals surface area contributed by atoms with Crippen LogP contribution in [0.1, 0.15) is 22.9 Å². The predicted molar refractivity (Wildman–Crippen MR) is 97.3 cm³/mol. The van der Waals surface area contributed by atoms with Crippen LogP contribution in [0.3, 0.4) is 0 Å². The number of carbonyl (C=O) groups is 1. The fraction of sp³-hybridized carbons (Fsp3) is 0.158. The van der Waals surface area contributed by atoms with Gasteiger partial charge in [-0.05, 0) is 36.6 Å². The van der Waals surface area contributed by atoms with E-state index in [0.29, 0.717) is 5.03 Å². The lowest BCUT2D eigenvalue weighted by atomic mass is 10.0. The molecule has 4 nitrogen and oxygen atoms in total. The second kappa shape index (κ2) is 6.42. The van der Waals surface area contributed by atoms with Crippen LogP contribution in [-0.4, -0.2) is 5.91 Å². The van der Waals surface area contributed by atoms with E-state index in [1.165, 1.54) is 0 Å². The molecule has 1 heterocycles. The van der Waals surface area contributed by atoms with Crippen molar-refractivity contribution in [1.29, 1.82) is 5.26 Å². The summed E-state index contributed by atoms with van der Waals surface area (Å²) in [6.45, 7) is 4.01. The number of carbonyl (C=O) groups excluding carboxylic acids is 1. The van der Waals surface area contributed by atoms with Crippen LogP contribution >= 0.6 is 12.6 Å². The molecule has 1 N–H and O–H groups in total. The molecule has 1 amide bonds. The zero-order valence-corrected chi connectivity index (χ0v) is 14.3. The van der Waals surface area contributed by atoms with Crippen LogP contribution in [0.5, 0.6) is 0 Å². The molecule has 1 aliphatic heterocycles. The Morgan fingerprint density at radius 3 is 2.54 bits per heavy atom. The van der Waals surface area contributed by atoms with E-state index in [1.54, 1.807) is 0 Å². The van der Waals surface area contributed by atoms with E-state index >= 15 is 0 Å². The van der Waals surface area contributed by atoms with Gasteiger partial charge in [0.1, 0.15) is 17.8 Å². The fourth-order valence-electron chi connectivity index (χ4n) is 2.81. The maximum Gasteiger partial charge on any atom is 0.266 e. The van der Waals surface area contributed by atoms with Gasteiger partial charge in [0.25, 0.3) is 5.91 Å². The molecule has 0 spiro atoms. The Balaban J connectivity index is 2.22. The smallest absolute Gasteiger partial charge is 0.266 e. The van der Waals surface area contributed by atoms with Crippen molar-refractivity contribution in [2.75, 3.05) is 4.90 Å². The molecule has 1 unspecified atom stereocenters. The van der Waals surface area contributed by atoms with Crippen LogP contribution in [0, 0.1) is 25.2 Å². The minimum atomic E-state index is -0.413. The Morgan fingerprint density at radius 1 is 1.17 bits per heavy atom. The van der Waals surface area contributed by atoms with Gasteiger partial charge in [-0.25, -0.2) is 0 Å². The largest absolute Gasteiger partial charge is 0.327 e. The Kier molecular flexibility index (Phi) is 4.32. The number of benzene rings is 2. The summed E-state index contributed by atoms with van der Waals surface area (Å²) in [4.78, 5) is 14.2. The third-order valence-electron chi connectivity index (χ3n) is 4.06. The number of hydrogen-bond donors (Lipinski definition) is 2. The highest BCUT2D eigenvalue weighted by atomic mass is 32.1. The Bertz CT molecular complexity index is 868. The Morgan fingerprint density at radius 2 is 1.88 bits per heavy atom. The van der Waals surface area contributed by atoms with Crippen molar-refractivity contribution in [3.63, 3.8) is 0 Å². The molecule has 0 aromatic heterocycles. The van der Waals surface area contributed by atoms with E-state index in [2.05, 4.69) is 17.9 Å². The van der Waals surface area contributed by atoms with Gasteiger partial charge in [-0.3, -0.25) is 4.79 Å². The van der Waals surface area contributed by atoms with Crippen LogP contribution in [0.25, 0.3) is 0 Å². The van der Waals surface area contributed by atoms with Gasteiger partial charge in [-0.2, -0.15) is 5.26 Å². The fourth-order valence-corrected chi connectivity index (χ4v) is 3.18. The summed E-state index contributed by atoms with van der Waals surface area (Å²) in [5, 5.41) is 12.6. The quantitative estimate of drug-likeness (QED) is 0.825. The van der Waals surface area contributed by atoms with E-state index in [9.17, 15) is 10.1 Å². The number of nitrogens with one attached hydrogen (secondary N) is 1. The highest BCUT2D eigenvalue weighted by molar-refractivity contribution is 7.84. The van der Waals surface area contributed by atoms with E-state index in [1.807, 2.05) is 73.3 Å². The summed E-state index contributed by atoms with van der Waals surface area (Å²) < 4.78 is 0. The third-order valence-corrected chi connectivity index (χ3v) is 4.50. The van der Waals surface area contributed by atoms with Crippen molar-refractivity contribution >= 4 is 24.2 Å². The molecular weight excluding hydrogens is 318 g/mol. The van der Waals surface area contributed by atoms with E-state index in [-0.39, 0.29) is 5.57 Å². The molecule has 0 aliphatic carbocycles. The molecule has 3 rings (SSSR count). The van der Waals surface area contributed by atoms with Crippen molar-refractivity contribution < 1.29 is 4.79 Å². The molecule has 0 saturated heterocycles. The first-order chi connectivity index (χ1) is 11.5. The van der Waals surface area contributed by atoms with Gasteiger partial charge >= 0.3 is 0 Å². The van der Waals surface area contributed by atoms with Gasteiger partial charge in [0.05, 0.1) is 5.03 Å². The Labute approximate surface area is 146 Å². The molecule has 120 valence electrons. The average Bonchev–Trinajstić information content (AvgIpc) is 2.58. The van der Waals surface area contributed by atoms with Crippen LogP contribution in [0.2, 0.25) is 0 Å². The maximum absolute atomic E-state index is 12.3. The van der Waals surface area contributed by atoms with Gasteiger partial charge in [-0.1, -0.05) is 42.5 Å². The first-order valence-corrected chi connectivity index (χ1v) is 8.03. The molecule has 0 fully saturated rings. The average molecular weight is 335 g/mol. The molecule has 1 aliphatic rings. The van der Waals surface area contributed by atoms with Crippen molar-refractivity contribution in [3.8, 4) is 6.07 Å². The number of aryl methyl sites for hydroxylation is 2. The topological polar surface area (TPSA) is 56.1 Å². The highest BCUT2D eigenvalue weighted by Crippen LogP contribution is 2.37. The number of nitrogens with zero attached hydrogens (tertiary/aromatic N) is 2. The van der Waals surface area contributed by atoms with Gasteiger partial charge in [0.2, 0.25) is 0 Å². The third kappa shape index (κ3) is 2.77. The van der Waals surface area contributed by atoms with Gasteiger partial charge in [0.15, 0.2) is 0 Å². The molecular formula is C19H17N3OS. The second-order valence-corrected chi connectivity index (χ2v) is 6.18. The molecule has 1 atom stereocenters. The summed E-state index contributed by atoms with van der Waals surface area (Å²) in [5.74, 6) is -0.405. The molecule has 5 heteroatoms. The molecule has 0 radical (unpaired) electrons. The molecule has 2 aromatic rings. The second-order valence-electron chi connectivity index (χ2n) is 5.76. The van der Waals surface area contributed by atoms with E-state index < -0.39 is 12.1 Å². The number of nitriles is 1. The summed E-state index contributed by atoms with van der Waals surface area (Å²) in [6, 6.07) is 17.7. The van der Waals surface area contributed by atoms with Crippen LogP contribution in [-0.2, 0) is 4.79 Å². The zero-order chi connectivity index (χ0) is 17.3. The van der Waals surface area contributed by atoms with Gasteiger partial charge in [0, 0.05) is 5.69 Å². The summed E-state index contributed by atoms with van der Waals surface area (Å²) in [7, 11) is 0. The monoisotopic (exact) mass is 335 g/mol. The van der Waals surface area contributed by atoms with E-state index in [0.717, 1.165) is 22.4 Å². The minimum absolute atomic E-state index is 0.0198. The van der Waals surface area contributed by atoms with Gasteiger partial charge < -0.3 is 10.2 Å². The predicted octanol–water partition coefficient (Wildman–Crippen LogP) is 3.60. The molecule has 2 aromatic carbocycles. The van der Waals surface area contributed by atoms with E-state index in [4.69, 9.17) is 0 Å². The number of amides is 1. The number of thiol groups is 1. The summed E-state index contributed by atoms with van der Waals surface area (Å²) in [6.07, 6.45) is -0.413.